The number of esters is 2. The second kappa shape index (κ2) is 10.5. The molecule has 1 N–H and O–H groups in total. The van der Waals surface area contributed by atoms with E-state index in [4.69, 9.17) is 18.9 Å². The molecule has 1 aromatic carbocycles. The fourth-order valence-corrected chi connectivity index (χ4v) is 3.32. The molecular weight excluding hydrogens is 398 g/mol. The first kappa shape index (κ1) is 22.2. The van der Waals surface area contributed by atoms with Crippen LogP contribution in [0.1, 0.15) is 27.7 Å². The van der Waals surface area contributed by atoms with Gasteiger partial charge in [-0.1, -0.05) is 6.07 Å². The average molecular weight is 421 g/mol. The standard InChI is InChI=1S/C20H23NO7S/c1-5-26-20(24)19-13(3)9-17(29-19)21-16(22)10-28-18(23)11-27-14-7-6-12(2)8-15(14)25-4/h6-9H,5,10-11H2,1-4H3,(H,21,22). The molecule has 9 heteroatoms. The number of aryl methyl sites for hydroxylation is 2. The highest BCUT2D eigenvalue weighted by molar-refractivity contribution is 7.18. The van der Waals surface area contributed by atoms with Crippen molar-refractivity contribution in [2.45, 2.75) is 20.8 Å². The fourth-order valence-electron chi connectivity index (χ4n) is 2.33. The molecule has 0 saturated carbocycles. The summed E-state index contributed by atoms with van der Waals surface area (Å²) in [4.78, 5) is 36.1. The fraction of sp³-hybridized carbons (Fsp3) is 0.350. The highest BCUT2D eigenvalue weighted by Crippen LogP contribution is 2.28. The van der Waals surface area contributed by atoms with Gasteiger partial charge in [-0.05, 0) is 50.1 Å². The smallest absolute Gasteiger partial charge is 0.348 e. The third-order valence-corrected chi connectivity index (χ3v) is 4.80. The van der Waals surface area contributed by atoms with Crippen LogP contribution in [0.2, 0.25) is 0 Å². The molecule has 2 rings (SSSR count). The molecule has 0 unspecified atom stereocenters. The molecular formula is C20H23NO7S. The van der Waals surface area contributed by atoms with Gasteiger partial charge in [0, 0.05) is 0 Å². The van der Waals surface area contributed by atoms with Crippen LogP contribution in [-0.4, -0.2) is 44.8 Å². The lowest BCUT2D eigenvalue weighted by molar-refractivity contribution is -0.149. The summed E-state index contributed by atoms with van der Waals surface area (Å²) in [6, 6.07) is 6.95. The molecule has 1 aromatic heterocycles. The van der Waals surface area contributed by atoms with Crippen LogP contribution in [0.25, 0.3) is 0 Å². The van der Waals surface area contributed by atoms with E-state index in [9.17, 15) is 14.4 Å². The van der Waals surface area contributed by atoms with E-state index in [1.807, 2.05) is 13.0 Å². The van der Waals surface area contributed by atoms with Crippen LogP contribution < -0.4 is 14.8 Å². The molecule has 0 aliphatic rings. The summed E-state index contributed by atoms with van der Waals surface area (Å²) in [6.45, 7) is 4.80. The number of nitrogens with one attached hydrogen (secondary N) is 1. The number of carbonyl (C=O) groups is 3. The summed E-state index contributed by atoms with van der Waals surface area (Å²) < 4.78 is 20.5. The first-order valence-electron chi connectivity index (χ1n) is 8.84. The molecule has 29 heavy (non-hydrogen) atoms. The molecule has 1 heterocycles. The third kappa shape index (κ3) is 6.49. The first-order chi connectivity index (χ1) is 13.8. The number of amides is 1. The molecule has 0 radical (unpaired) electrons. The van der Waals surface area contributed by atoms with Crippen LogP contribution >= 0.6 is 11.3 Å². The summed E-state index contributed by atoms with van der Waals surface area (Å²) in [5, 5.41) is 3.05. The van der Waals surface area contributed by atoms with Crippen molar-refractivity contribution in [2.24, 2.45) is 0 Å². The highest BCUT2D eigenvalue weighted by atomic mass is 32.1. The van der Waals surface area contributed by atoms with Crippen molar-refractivity contribution in [3.63, 3.8) is 0 Å². The summed E-state index contributed by atoms with van der Waals surface area (Å²) >= 11 is 1.10. The van der Waals surface area contributed by atoms with Gasteiger partial charge in [-0.25, -0.2) is 9.59 Å². The van der Waals surface area contributed by atoms with E-state index >= 15 is 0 Å². The number of anilines is 1. The number of ether oxygens (including phenoxy) is 4. The Bertz CT molecular complexity index is 891. The van der Waals surface area contributed by atoms with Gasteiger partial charge in [0.25, 0.3) is 5.91 Å². The SMILES string of the molecule is CCOC(=O)c1sc(NC(=O)COC(=O)COc2ccc(C)cc2OC)cc1C. The van der Waals surface area contributed by atoms with Crippen molar-refractivity contribution in [1.29, 1.82) is 0 Å². The van der Waals surface area contributed by atoms with Gasteiger partial charge in [-0.3, -0.25) is 4.79 Å². The maximum Gasteiger partial charge on any atom is 0.348 e. The summed E-state index contributed by atoms with van der Waals surface area (Å²) in [5.41, 5.74) is 1.68. The minimum atomic E-state index is -0.697. The van der Waals surface area contributed by atoms with Gasteiger partial charge in [0.15, 0.2) is 24.7 Å². The number of methoxy groups -OCH3 is 1. The zero-order valence-electron chi connectivity index (χ0n) is 16.7. The van der Waals surface area contributed by atoms with Gasteiger partial charge in [0.2, 0.25) is 0 Å². The Kier molecular flexibility index (Phi) is 8.02. The van der Waals surface area contributed by atoms with E-state index in [-0.39, 0.29) is 13.2 Å². The molecule has 2 aromatic rings. The minimum absolute atomic E-state index is 0.268. The molecule has 0 aliphatic heterocycles. The topological polar surface area (TPSA) is 100 Å². The van der Waals surface area contributed by atoms with Crippen LogP contribution in [0.3, 0.4) is 0 Å². The van der Waals surface area contributed by atoms with E-state index in [1.54, 1.807) is 32.0 Å². The third-order valence-electron chi connectivity index (χ3n) is 3.67. The Morgan fingerprint density at radius 1 is 1.03 bits per heavy atom. The molecule has 0 bridgehead atoms. The lowest BCUT2D eigenvalue weighted by atomic mass is 10.2. The number of benzene rings is 1. The van der Waals surface area contributed by atoms with Crippen LogP contribution in [-0.2, 0) is 19.1 Å². The van der Waals surface area contributed by atoms with E-state index < -0.39 is 24.5 Å². The predicted octanol–water partition coefficient (Wildman–Crippen LogP) is 3.11. The second-order valence-electron chi connectivity index (χ2n) is 6.00. The van der Waals surface area contributed by atoms with Crippen molar-refractivity contribution < 1.29 is 33.3 Å². The number of hydrogen-bond donors (Lipinski definition) is 1. The van der Waals surface area contributed by atoms with E-state index in [0.29, 0.717) is 26.9 Å². The largest absolute Gasteiger partial charge is 0.493 e. The van der Waals surface area contributed by atoms with Crippen molar-refractivity contribution in [3.8, 4) is 11.5 Å². The maximum atomic E-state index is 12.0. The second-order valence-corrected chi connectivity index (χ2v) is 7.05. The molecule has 0 fully saturated rings. The lowest BCUT2D eigenvalue weighted by Crippen LogP contribution is -2.23. The van der Waals surface area contributed by atoms with Crippen LogP contribution in [0.15, 0.2) is 24.3 Å². The number of thiophene rings is 1. The Hall–Kier alpha value is -3.07. The molecule has 156 valence electrons. The molecule has 0 aliphatic carbocycles. The number of rotatable bonds is 9. The van der Waals surface area contributed by atoms with Gasteiger partial charge in [-0.2, -0.15) is 0 Å². The number of carbonyl (C=O) groups excluding carboxylic acids is 3. The van der Waals surface area contributed by atoms with Gasteiger partial charge >= 0.3 is 11.9 Å². The summed E-state index contributed by atoms with van der Waals surface area (Å²) in [5.74, 6) is -0.757. The van der Waals surface area contributed by atoms with Gasteiger partial charge in [-0.15, -0.1) is 11.3 Å². The Morgan fingerprint density at radius 2 is 1.79 bits per heavy atom. The van der Waals surface area contributed by atoms with Gasteiger partial charge in [0.05, 0.1) is 18.7 Å². The monoisotopic (exact) mass is 421 g/mol. The summed E-state index contributed by atoms with van der Waals surface area (Å²) in [7, 11) is 1.50. The van der Waals surface area contributed by atoms with E-state index in [0.717, 1.165) is 16.9 Å². The molecule has 0 saturated heterocycles. The van der Waals surface area contributed by atoms with Crippen LogP contribution in [0.4, 0.5) is 5.00 Å². The van der Waals surface area contributed by atoms with E-state index in [1.165, 1.54) is 7.11 Å². The van der Waals surface area contributed by atoms with Crippen molar-refractivity contribution >= 4 is 34.2 Å². The van der Waals surface area contributed by atoms with E-state index in [2.05, 4.69) is 5.32 Å². The molecule has 8 nitrogen and oxygen atoms in total. The zero-order valence-corrected chi connectivity index (χ0v) is 17.5. The average Bonchev–Trinajstić information content (AvgIpc) is 3.05. The Morgan fingerprint density at radius 3 is 2.48 bits per heavy atom. The zero-order chi connectivity index (χ0) is 21.4. The minimum Gasteiger partial charge on any atom is -0.493 e. The van der Waals surface area contributed by atoms with Gasteiger partial charge in [0.1, 0.15) is 4.88 Å². The van der Waals surface area contributed by atoms with Gasteiger partial charge < -0.3 is 24.3 Å². The first-order valence-corrected chi connectivity index (χ1v) is 9.66. The highest BCUT2D eigenvalue weighted by Gasteiger charge is 2.17. The van der Waals surface area contributed by atoms with Crippen molar-refractivity contribution in [1.82, 2.24) is 0 Å². The van der Waals surface area contributed by atoms with Crippen molar-refractivity contribution in [3.05, 3.63) is 40.3 Å². The quantitative estimate of drug-likeness (QED) is 0.621. The predicted molar refractivity (Wildman–Crippen MR) is 108 cm³/mol. The van der Waals surface area contributed by atoms with Crippen LogP contribution in [0, 0.1) is 13.8 Å². The number of hydrogen-bond acceptors (Lipinski definition) is 8. The maximum absolute atomic E-state index is 12.0. The van der Waals surface area contributed by atoms with Crippen molar-refractivity contribution in [2.75, 3.05) is 32.2 Å². The lowest BCUT2D eigenvalue weighted by Gasteiger charge is -2.11. The molecule has 0 atom stereocenters. The molecule has 1 amide bonds. The Balaban J connectivity index is 1.81. The Labute approximate surface area is 172 Å². The summed E-state index contributed by atoms with van der Waals surface area (Å²) in [6.07, 6.45) is 0. The molecule has 0 spiro atoms. The normalized spacial score (nSPS) is 10.2. The van der Waals surface area contributed by atoms with Crippen LogP contribution in [0.5, 0.6) is 11.5 Å².